The van der Waals surface area contributed by atoms with E-state index < -0.39 is 11.5 Å². The number of nitrogens with zero attached hydrogens (tertiary/aromatic N) is 3. The third-order valence-corrected chi connectivity index (χ3v) is 12.3. The van der Waals surface area contributed by atoms with E-state index >= 15 is 0 Å². The summed E-state index contributed by atoms with van der Waals surface area (Å²) in [4.78, 5) is 51.8. The van der Waals surface area contributed by atoms with E-state index in [2.05, 4.69) is 27.5 Å². The van der Waals surface area contributed by atoms with Gasteiger partial charge in [0.2, 0.25) is 0 Å². The van der Waals surface area contributed by atoms with Crippen LogP contribution in [0.15, 0.2) is 89.6 Å². The third-order valence-electron chi connectivity index (χ3n) is 9.47. The van der Waals surface area contributed by atoms with Gasteiger partial charge in [0.05, 0.1) is 17.9 Å². The molecule has 6 aromatic rings. The minimum atomic E-state index is -0.538. The van der Waals surface area contributed by atoms with Crippen LogP contribution in [-0.4, -0.2) is 52.1 Å². The predicted octanol–water partition coefficient (Wildman–Crippen LogP) is 8.31. The summed E-state index contributed by atoms with van der Waals surface area (Å²) in [5, 5.41) is 10.1. The second-order valence-corrected chi connectivity index (χ2v) is 17.9. The fourth-order valence-corrected chi connectivity index (χ4v) is 9.65. The van der Waals surface area contributed by atoms with Gasteiger partial charge in [0.15, 0.2) is 46.5 Å². The number of aromatic nitrogens is 2. The smallest absolute Gasteiger partial charge is 0.271 e. The summed E-state index contributed by atoms with van der Waals surface area (Å²) >= 11 is 4.17. The zero-order valence-corrected chi connectivity index (χ0v) is 34.8. The molecule has 2 aliphatic rings. The van der Waals surface area contributed by atoms with Crippen LogP contribution in [0.4, 0.5) is 16.0 Å². The Kier molecular flexibility index (Phi) is 10.9. The molecule has 2 aliphatic heterocycles. The molecule has 0 spiro atoms. The van der Waals surface area contributed by atoms with Gasteiger partial charge in [-0.05, 0) is 64.1 Å². The fourth-order valence-electron chi connectivity index (χ4n) is 6.97. The molecule has 3 amide bonds. The van der Waals surface area contributed by atoms with Gasteiger partial charge in [-0.25, -0.2) is 9.97 Å². The van der Waals surface area contributed by atoms with Crippen molar-refractivity contribution < 1.29 is 33.3 Å². The minimum absolute atomic E-state index is 0.193. The number of hydrogen-bond acceptors (Lipinski definition) is 12. The van der Waals surface area contributed by atoms with Gasteiger partial charge in [0, 0.05) is 50.9 Å². The Morgan fingerprint density at radius 1 is 0.793 bits per heavy atom. The van der Waals surface area contributed by atoms with Gasteiger partial charge in [0.25, 0.3) is 17.7 Å². The van der Waals surface area contributed by atoms with E-state index in [-0.39, 0.29) is 36.3 Å². The maximum atomic E-state index is 13.6. The molecular formula is C43H41N5O7S3. The number of carbonyl (C=O) groups is 3. The molecule has 5 heterocycles. The number of fused-ring (bicyclic) bond motifs is 2. The van der Waals surface area contributed by atoms with E-state index in [0.29, 0.717) is 52.6 Å². The van der Waals surface area contributed by atoms with Gasteiger partial charge in [-0.15, -0.1) is 34.0 Å². The number of carbonyl (C=O) groups excluding carboxylic acids is 3. The topological polar surface area (TPSA) is 141 Å². The van der Waals surface area contributed by atoms with Gasteiger partial charge >= 0.3 is 0 Å². The van der Waals surface area contributed by atoms with Crippen molar-refractivity contribution in [2.75, 3.05) is 23.4 Å². The van der Waals surface area contributed by atoms with Crippen molar-refractivity contribution in [2.45, 2.75) is 64.7 Å². The molecule has 1 atom stereocenters. The monoisotopic (exact) mass is 835 g/mol. The normalized spacial score (nSPS) is 16.1. The van der Waals surface area contributed by atoms with Crippen molar-refractivity contribution >= 4 is 67.7 Å². The Hall–Kier alpha value is -5.77. The Bertz CT molecular complexity index is 2480. The number of ether oxygens (including phenoxy) is 4. The van der Waals surface area contributed by atoms with Gasteiger partial charge in [-0.3, -0.25) is 24.6 Å². The second kappa shape index (κ2) is 16.2. The van der Waals surface area contributed by atoms with Gasteiger partial charge in [-0.2, -0.15) is 0 Å². The number of aryl methyl sites for hydroxylation is 1. The molecule has 0 bridgehead atoms. The van der Waals surface area contributed by atoms with E-state index in [1.807, 2.05) is 98.9 Å². The molecule has 0 aliphatic carbocycles. The van der Waals surface area contributed by atoms with Gasteiger partial charge in [-0.1, -0.05) is 42.5 Å². The van der Waals surface area contributed by atoms with Crippen molar-refractivity contribution in [1.29, 1.82) is 0 Å². The van der Waals surface area contributed by atoms with Crippen molar-refractivity contribution in [3.05, 3.63) is 122 Å². The standard InChI is InChI=1S/C43H41N5O7S3/c1-26-24-57-41(45-26)48(29-12-6-5-7-13-29)36(50)23-53-34-15-9-11-28-19-43(4,55-38(28)34)20-30-16-17-31(58-30)21-44-39(51)32-25-56-40(46-32)47-35(49)22-52-33-14-8-10-27-18-42(2,3)54-37(27)33/h5-17,24-25H,18-23H2,1-4H3,(H,44,51)(H,46,47,49). The number of amides is 3. The van der Waals surface area contributed by atoms with Crippen LogP contribution in [0.2, 0.25) is 0 Å². The van der Waals surface area contributed by atoms with E-state index in [1.54, 1.807) is 27.7 Å². The number of thiophene rings is 1. The summed E-state index contributed by atoms with van der Waals surface area (Å²) < 4.78 is 24.5. The minimum Gasteiger partial charge on any atom is -0.483 e. The largest absolute Gasteiger partial charge is 0.483 e. The van der Waals surface area contributed by atoms with Crippen LogP contribution in [-0.2, 0) is 35.4 Å². The molecule has 12 nitrogen and oxygen atoms in total. The third kappa shape index (κ3) is 8.86. The van der Waals surface area contributed by atoms with Gasteiger partial charge in [0.1, 0.15) is 16.9 Å². The number of benzene rings is 3. The summed E-state index contributed by atoms with van der Waals surface area (Å²) in [7, 11) is 0. The van der Waals surface area contributed by atoms with Crippen LogP contribution in [0.25, 0.3) is 0 Å². The highest BCUT2D eigenvalue weighted by Gasteiger charge is 2.38. The maximum absolute atomic E-state index is 13.6. The summed E-state index contributed by atoms with van der Waals surface area (Å²) in [5.74, 6) is 1.36. The van der Waals surface area contributed by atoms with Crippen LogP contribution < -0.4 is 34.5 Å². The average molecular weight is 836 g/mol. The van der Waals surface area contributed by atoms with Crippen LogP contribution in [0.1, 0.15) is 57.8 Å². The maximum Gasteiger partial charge on any atom is 0.271 e. The highest BCUT2D eigenvalue weighted by Crippen LogP contribution is 2.44. The molecule has 298 valence electrons. The SMILES string of the molecule is Cc1csc(N(C(=O)COc2cccc3c2OC(C)(Cc2ccc(CNC(=O)c4csc(NC(=O)COc5cccc6c5OC(C)(C)C6)n4)s2)C3)c2ccccc2)n1. The van der Waals surface area contributed by atoms with E-state index in [4.69, 9.17) is 18.9 Å². The molecule has 0 saturated carbocycles. The zero-order valence-electron chi connectivity index (χ0n) is 32.3. The Morgan fingerprint density at radius 3 is 2.24 bits per heavy atom. The molecule has 0 fully saturated rings. The number of hydrogen-bond donors (Lipinski definition) is 2. The zero-order chi connectivity index (χ0) is 40.4. The summed E-state index contributed by atoms with van der Waals surface area (Å²) in [6.45, 7) is 7.89. The highest BCUT2D eigenvalue weighted by atomic mass is 32.1. The number of para-hydroxylation sites is 3. The molecule has 0 radical (unpaired) electrons. The van der Waals surface area contributed by atoms with Crippen molar-refractivity contribution in [3.8, 4) is 23.0 Å². The Labute approximate surface area is 347 Å². The van der Waals surface area contributed by atoms with Crippen molar-refractivity contribution in [3.63, 3.8) is 0 Å². The van der Waals surface area contributed by atoms with Crippen molar-refractivity contribution in [1.82, 2.24) is 15.3 Å². The van der Waals surface area contributed by atoms with Crippen LogP contribution in [0, 0.1) is 6.92 Å². The lowest BCUT2D eigenvalue weighted by Crippen LogP contribution is -2.33. The molecule has 8 rings (SSSR count). The Morgan fingerprint density at radius 2 is 1.50 bits per heavy atom. The molecule has 0 saturated heterocycles. The lowest BCUT2D eigenvalue weighted by molar-refractivity contribution is -0.120. The second-order valence-electron chi connectivity index (χ2n) is 15.0. The van der Waals surface area contributed by atoms with Crippen LogP contribution in [0.3, 0.4) is 0 Å². The number of anilines is 3. The molecule has 15 heteroatoms. The molecule has 3 aromatic carbocycles. The average Bonchev–Trinajstić information content (AvgIpc) is 4.04. The van der Waals surface area contributed by atoms with Crippen molar-refractivity contribution in [2.24, 2.45) is 0 Å². The first-order valence-electron chi connectivity index (χ1n) is 18.7. The molecule has 2 N–H and O–H groups in total. The molecule has 1 unspecified atom stereocenters. The Balaban J connectivity index is 0.819. The first-order chi connectivity index (χ1) is 27.9. The number of nitrogens with one attached hydrogen (secondary N) is 2. The quantitative estimate of drug-likeness (QED) is 0.111. The number of rotatable bonds is 14. The molecule has 58 heavy (non-hydrogen) atoms. The van der Waals surface area contributed by atoms with E-state index in [9.17, 15) is 14.4 Å². The fraction of sp³-hybridized carbons (Fsp3) is 0.279. The summed E-state index contributed by atoms with van der Waals surface area (Å²) in [6.07, 6.45) is 2.07. The van der Waals surface area contributed by atoms with E-state index in [1.165, 1.54) is 22.7 Å². The van der Waals surface area contributed by atoms with Gasteiger partial charge < -0.3 is 24.3 Å². The summed E-state index contributed by atoms with van der Waals surface area (Å²) in [6, 6.07) is 24.9. The first kappa shape index (κ1) is 39.1. The summed E-state index contributed by atoms with van der Waals surface area (Å²) in [5.41, 5.74) is 2.96. The lowest BCUT2D eigenvalue weighted by atomic mass is 9.95. The molecule has 3 aromatic heterocycles. The van der Waals surface area contributed by atoms with E-state index in [0.717, 1.165) is 38.7 Å². The lowest BCUT2D eigenvalue weighted by Gasteiger charge is -2.24. The van der Waals surface area contributed by atoms with Crippen LogP contribution >= 0.6 is 34.0 Å². The number of thiazole rings is 2. The van der Waals surface area contributed by atoms with Crippen LogP contribution in [0.5, 0.6) is 23.0 Å². The first-order valence-corrected chi connectivity index (χ1v) is 21.3. The highest BCUT2D eigenvalue weighted by molar-refractivity contribution is 7.14. The predicted molar refractivity (Wildman–Crippen MR) is 225 cm³/mol. The molecular weight excluding hydrogens is 795 g/mol.